The number of piperidine rings is 1. The van der Waals surface area contributed by atoms with E-state index in [0.29, 0.717) is 37.4 Å². The van der Waals surface area contributed by atoms with Crippen LogP contribution in [0.3, 0.4) is 0 Å². The number of amides is 1. The van der Waals surface area contributed by atoms with Crippen LogP contribution in [0.2, 0.25) is 0 Å². The van der Waals surface area contributed by atoms with Gasteiger partial charge in [0.2, 0.25) is 0 Å². The zero-order valence-electron chi connectivity index (χ0n) is 10.9. The van der Waals surface area contributed by atoms with Crippen molar-refractivity contribution in [2.75, 3.05) is 27.3 Å². The molecule has 0 bridgehead atoms. The second kappa shape index (κ2) is 5.07. The molecule has 0 saturated carbocycles. The first-order chi connectivity index (χ1) is 8.60. The van der Waals surface area contributed by atoms with Gasteiger partial charge >= 0.3 is 0 Å². The average Bonchev–Trinajstić information content (AvgIpc) is 2.85. The highest BCUT2D eigenvalue weighted by Crippen LogP contribution is 2.27. The van der Waals surface area contributed by atoms with Gasteiger partial charge in [-0.15, -0.1) is 0 Å². The Kier molecular flexibility index (Phi) is 3.68. The van der Waals surface area contributed by atoms with Crippen molar-refractivity contribution < 1.29 is 18.8 Å². The van der Waals surface area contributed by atoms with E-state index in [0.717, 1.165) is 0 Å². The maximum atomic E-state index is 12.1. The van der Waals surface area contributed by atoms with Crippen LogP contribution in [0, 0.1) is 6.92 Å². The Labute approximate surface area is 106 Å². The highest BCUT2D eigenvalue weighted by Gasteiger charge is 2.36. The fourth-order valence-electron chi connectivity index (χ4n) is 2.17. The van der Waals surface area contributed by atoms with Crippen LogP contribution in [0.25, 0.3) is 0 Å². The van der Waals surface area contributed by atoms with Gasteiger partial charge in [0.1, 0.15) is 5.76 Å². The molecule has 0 aromatic carbocycles. The Hall–Kier alpha value is -1.40. The smallest absolute Gasteiger partial charge is 0.276 e. The van der Waals surface area contributed by atoms with Crippen LogP contribution in [-0.4, -0.2) is 49.1 Å². The van der Waals surface area contributed by atoms with Crippen LogP contribution in [0.15, 0.2) is 10.6 Å². The van der Waals surface area contributed by atoms with E-state index in [-0.39, 0.29) is 5.91 Å². The van der Waals surface area contributed by atoms with E-state index >= 15 is 0 Å². The third kappa shape index (κ3) is 2.39. The largest absolute Gasteiger partial charge is 0.361 e. The molecule has 100 valence electrons. The van der Waals surface area contributed by atoms with E-state index in [2.05, 4.69) is 5.16 Å². The fourth-order valence-corrected chi connectivity index (χ4v) is 2.17. The summed E-state index contributed by atoms with van der Waals surface area (Å²) >= 11 is 0. The number of rotatable bonds is 3. The lowest BCUT2D eigenvalue weighted by atomic mass is 10.0. The maximum absolute atomic E-state index is 12.1. The maximum Gasteiger partial charge on any atom is 0.276 e. The van der Waals surface area contributed by atoms with Gasteiger partial charge in [-0.05, 0) is 6.92 Å². The van der Waals surface area contributed by atoms with Crippen molar-refractivity contribution in [3.05, 3.63) is 17.5 Å². The number of aromatic nitrogens is 1. The van der Waals surface area contributed by atoms with Gasteiger partial charge in [-0.2, -0.15) is 0 Å². The summed E-state index contributed by atoms with van der Waals surface area (Å²) in [5, 5.41) is 3.74. The van der Waals surface area contributed by atoms with E-state index in [4.69, 9.17) is 14.0 Å². The van der Waals surface area contributed by atoms with Crippen LogP contribution in [0.5, 0.6) is 0 Å². The van der Waals surface area contributed by atoms with Crippen molar-refractivity contribution in [2.24, 2.45) is 0 Å². The van der Waals surface area contributed by atoms with Crippen molar-refractivity contribution in [1.29, 1.82) is 0 Å². The minimum atomic E-state index is -0.559. The Balaban J connectivity index is 1.99. The molecule has 1 aromatic rings. The number of hydrogen-bond acceptors (Lipinski definition) is 5. The summed E-state index contributed by atoms with van der Waals surface area (Å²) in [6.07, 6.45) is 1.31. The molecule has 1 amide bonds. The molecule has 6 heteroatoms. The number of aryl methyl sites for hydroxylation is 1. The third-order valence-electron chi connectivity index (χ3n) is 3.40. The average molecular weight is 254 g/mol. The highest BCUT2D eigenvalue weighted by molar-refractivity contribution is 5.92. The first kappa shape index (κ1) is 13.0. The molecule has 2 rings (SSSR count). The summed E-state index contributed by atoms with van der Waals surface area (Å²) in [7, 11) is 3.25. The first-order valence-electron chi connectivity index (χ1n) is 5.93. The molecule has 0 aliphatic carbocycles. The monoisotopic (exact) mass is 254 g/mol. The Morgan fingerprint density at radius 2 is 2.00 bits per heavy atom. The molecule has 1 aliphatic heterocycles. The minimum Gasteiger partial charge on any atom is -0.361 e. The van der Waals surface area contributed by atoms with Crippen molar-refractivity contribution in [3.8, 4) is 0 Å². The standard InChI is InChI=1S/C12H18N2O4/c1-9-8-10(13-18-9)11(15)14-6-4-12(16-2,17-3)5-7-14/h8H,4-7H2,1-3H3. The lowest BCUT2D eigenvalue weighted by Crippen LogP contribution is -2.48. The minimum absolute atomic E-state index is 0.104. The van der Waals surface area contributed by atoms with Crippen LogP contribution in [0.1, 0.15) is 29.1 Å². The van der Waals surface area contributed by atoms with Crippen LogP contribution in [0.4, 0.5) is 0 Å². The molecular formula is C12H18N2O4. The molecule has 0 radical (unpaired) electrons. The number of hydrogen-bond donors (Lipinski definition) is 0. The predicted molar refractivity (Wildman–Crippen MR) is 63.1 cm³/mol. The third-order valence-corrected chi connectivity index (χ3v) is 3.40. The van der Waals surface area contributed by atoms with Gasteiger partial charge in [0.25, 0.3) is 5.91 Å². The summed E-state index contributed by atoms with van der Waals surface area (Å²) in [5.74, 6) is -0.0255. The second-order valence-corrected chi connectivity index (χ2v) is 4.43. The lowest BCUT2D eigenvalue weighted by Gasteiger charge is -2.39. The van der Waals surface area contributed by atoms with Gasteiger partial charge in [-0.1, -0.05) is 5.16 Å². The Morgan fingerprint density at radius 1 is 1.39 bits per heavy atom. The van der Waals surface area contributed by atoms with Gasteiger partial charge < -0.3 is 18.9 Å². The van der Waals surface area contributed by atoms with Gasteiger partial charge in [-0.25, -0.2) is 0 Å². The van der Waals surface area contributed by atoms with Crippen molar-refractivity contribution in [3.63, 3.8) is 0 Å². The zero-order valence-corrected chi connectivity index (χ0v) is 10.9. The molecule has 1 aliphatic rings. The summed E-state index contributed by atoms with van der Waals surface area (Å²) in [5.41, 5.74) is 0.356. The number of ether oxygens (including phenoxy) is 2. The Morgan fingerprint density at radius 3 is 2.44 bits per heavy atom. The molecule has 1 saturated heterocycles. The Bertz CT molecular complexity index is 415. The first-order valence-corrected chi connectivity index (χ1v) is 5.93. The summed E-state index contributed by atoms with van der Waals surface area (Å²) in [4.78, 5) is 13.9. The van der Waals surface area contributed by atoms with Crippen molar-refractivity contribution in [1.82, 2.24) is 10.1 Å². The van der Waals surface area contributed by atoms with Gasteiger partial charge in [0, 0.05) is 46.2 Å². The summed E-state index contributed by atoms with van der Waals surface area (Å²) < 4.78 is 15.7. The van der Waals surface area contributed by atoms with Gasteiger partial charge in [-0.3, -0.25) is 4.79 Å². The molecular weight excluding hydrogens is 236 g/mol. The van der Waals surface area contributed by atoms with E-state index in [1.54, 1.807) is 32.1 Å². The van der Waals surface area contributed by atoms with E-state index in [9.17, 15) is 4.79 Å². The zero-order chi connectivity index (χ0) is 13.2. The van der Waals surface area contributed by atoms with Crippen molar-refractivity contribution in [2.45, 2.75) is 25.6 Å². The molecule has 0 atom stereocenters. The van der Waals surface area contributed by atoms with E-state index < -0.39 is 5.79 Å². The summed E-state index contributed by atoms with van der Waals surface area (Å²) in [6, 6.07) is 1.65. The molecule has 1 fully saturated rings. The quantitative estimate of drug-likeness (QED) is 0.758. The fraction of sp³-hybridized carbons (Fsp3) is 0.667. The predicted octanol–water partition coefficient (Wildman–Crippen LogP) is 1.21. The summed E-state index contributed by atoms with van der Waals surface area (Å²) in [6.45, 7) is 2.94. The second-order valence-electron chi connectivity index (χ2n) is 4.43. The number of likely N-dealkylation sites (tertiary alicyclic amines) is 1. The number of nitrogens with zero attached hydrogens (tertiary/aromatic N) is 2. The van der Waals surface area contributed by atoms with Gasteiger partial charge in [0.05, 0.1) is 0 Å². The van der Waals surface area contributed by atoms with E-state index in [1.807, 2.05) is 0 Å². The molecule has 1 aromatic heterocycles. The van der Waals surface area contributed by atoms with Crippen LogP contribution in [-0.2, 0) is 9.47 Å². The normalized spacial score (nSPS) is 18.9. The number of carbonyl (C=O) groups excluding carboxylic acids is 1. The molecule has 6 nitrogen and oxygen atoms in total. The molecule has 0 spiro atoms. The number of methoxy groups -OCH3 is 2. The highest BCUT2D eigenvalue weighted by atomic mass is 16.7. The van der Waals surface area contributed by atoms with Crippen molar-refractivity contribution >= 4 is 5.91 Å². The number of carbonyl (C=O) groups is 1. The van der Waals surface area contributed by atoms with Crippen LogP contribution >= 0.6 is 0 Å². The molecule has 0 unspecified atom stereocenters. The molecule has 0 N–H and O–H groups in total. The van der Waals surface area contributed by atoms with Gasteiger partial charge in [0.15, 0.2) is 11.5 Å². The molecule has 18 heavy (non-hydrogen) atoms. The lowest BCUT2D eigenvalue weighted by molar-refractivity contribution is -0.226. The van der Waals surface area contributed by atoms with E-state index in [1.165, 1.54) is 0 Å². The molecule has 2 heterocycles. The SMILES string of the molecule is COC1(OC)CCN(C(=O)c2cc(C)on2)CC1. The topological polar surface area (TPSA) is 64.8 Å². The van der Waals surface area contributed by atoms with Crippen LogP contribution < -0.4 is 0 Å².